The Morgan fingerprint density at radius 1 is 1.21 bits per heavy atom. The largest absolute Gasteiger partial charge is 0.391 e. The van der Waals surface area contributed by atoms with E-state index in [-0.39, 0.29) is 31.1 Å². The van der Waals surface area contributed by atoms with Gasteiger partial charge in [0.25, 0.3) is 0 Å². The van der Waals surface area contributed by atoms with Crippen LogP contribution >= 0.6 is 0 Å². The van der Waals surface area contributed by atoms with Gasteiger partial charge in [0.15, 0.2) is 5.78 Å². The van der Waals surface area contributed by atoms with Crippen molar-refractivity contribution in [2.75, 3.05) is 13.1 Å². The van der Waals surface area contributed by atoms with Gasteiger partial charge >= 0.3 is 6.18 Å². The molecule has 0 N–H and O–H groups in total. The number of nitrogens with zero attached hydrogens (tertiary/aromatic N) is 1. The van der Waals surface area contributed by atoms with E-state index < -0.39 is 18.0 Å². The summed E-state index contributed by atoms with van der Waals surface area (Å²) in [6.45, 7) is 0.573. The van der Waals surface area contributed by atoms with E-state index in [0.29, 0.717) is 32.2 Å². The first-order valence-corrected chi connectivity index (χ1v) is 6.75. The highest BCUT2D eigenvalue weighted by Crippen LogP contribution is 2.40. The Labute approximate surface area is 110 Å². The van der Waals surface area contributed by atoms with Gasteiger partial charge < -0.3 is 4.90 Å². The van der Waals surface area contributed by atoms with Gasteiger partial charge in [0.1, 0.15) is 0 Å². The molecule has 2 fully saturated rings. The smallest absolute Gasteiger partial charge is 0.335 e. The molecule has 2 unspecified atom stereocenters. The second-order valence-electron chi connectivity index (χ2n) is 5.50. The Bertz CT molecular complexity index is 367. The number of alkyl halides is 3. The van der Waals surface area contributed by atoms with Crippen LogP contribution in [-0.2, 0) is 9.59 Å². The molecule has 1 saturated heterocycles. The fraction of sp³-hybridized carbons (Fsp3) is 0.846. The molecule has 6 heteroatoms. The van der Waals surface area contributed by atoms with E-state index in [0.717, 1.165) is 0 Å². The van der Waals surface area contributed by atoms with Crippen LogP contribution in [0, 0.1) is 11.8 Å². The maximum absolute atomic E-state index is 12.7. The topological polar surface area (TPSA) is 37.4 Å². The number of Topliss-reactive ketones (excluding diaryl/α,β-unsaturated/α-hetero) is 1. The Morgan fingerprint density at radius 2 is 1.95 bits per heavy atom. The lowest BCUT2D eigenvalue weighted by Gasteiger charge is -2.34. The molecule has 2 rings (SSSR count). The number of piperidine rings is 1. The zero-order valence-electron chi connectivity index (χ0n) is 10.7. The van der Waals surface area contributed by atoms with Crippen LogP contribution in [-0.4, -0.2) is 35.9 Å². The van der Waals surface area contributed by atoms with Crippen LogP contribution in [0.25, 0.3) is 0 Å². The van der Waals surface area contributed by atoms with Crippen LogP contribution in [0.1, 0.15) is 38.5 Å². The second-order valence-corrected chi connectivity index (χ2v) is 5.50. The number of ketones is 1. The molecule has 1 saturated carbocycles. The van der Waals surface area contributed by atoms with E-state index in [1.54, 1.807) is 0 Å². The van der Waals surface area contributed by atoms with E-state index in [4.69, 9.17) is 0 Å². The normalized spacial score (nSPS) is 29.4. The van der Waals surface area contributed by atoms with Gasteiger partial charge in [-0.1, -0.05) is 6.42 Å². The lowest BCUT2D eigenvalue weighted by atomic mass is 9.80. The van der Waals surface area contributed by atoms with Crippen molar-refractivity contribution in [3.8, 4) is 0 Å². The molecule has 0 aromatic rings. The number of carbonyl (C=O) groups excluding carboxylic acids is 2. The summed E-state index contributed by atoms with van der Waals surface area (Å²) < 4.78 is 38.1. The SMILES string of the molecule is O=C1CCCN(C(=O)C2CCCC(C(F)(F)F)C2)C1. The van der Waals surface area contributed by atoms with Gasteiger partial charge in [-0.3, -0.25) is 9.59 Å². The first-order chi connectivity index (χ1) is 8.88. The maximum Gasteiger partial charge on any atom is 0.391 e. The number of likely N-dealkylation sites (tertiary alicyclic amines) is 1. The van der Waals surface area contributed by atoms with Crippen LogP contribution in [0.4, 0.5) is 13.2 Å². The van der Waals surface area contributed by atoms with E-state index in [2.05, 4.69) is 0 Å². The van der Waals surface area contributed by atoms with Crippen molar-refractivity contribution in [1.82, 2.24) is 4.90 Å². The number of hydrogen-bond acceptors (Lipinski definition) is 2. The minimum Gasteiger partial charge on any atom is -0.335 e. The van der Waals surface area contributed by atoms with E-state index in [9.17, 15) is 22.8 Å². The van der Waals surface area contributed by atoms with Crippen LogP contribution in [0.15, 0.2) is 0 Å². The molecule has 19 heavy (non-hydrogen) atoms. The number of halogens is 3. The predicted molar refractivity (Wildman–Crippen MR) is 62.3 cm³/mol. The summed E-state index contributed by atoms with van der Waals surface area (Å²) in [5, 5.41) is 0. The van der Waals surface area contributed by atoms with Crippen molar-refractivity contribution in [3.05, 3.63) is 0 Å². The molecule has 0 spiro atoms. The Kier molecular flexibility index (Phi) is 4.16. The van der Waals surface area contributed by atoms with Gasteiger partial charge in [-0.2, -0.15) is 13.2 Å². The third-order valence-electron chi connectivity index (χ3n) is 4.05. The quantitative estimate of drug-likeness (QED) is 0.738. The monoisotopic (exact) mass is 277 g/mol. The fourth-order valence-corrected chi connectivity index (χ4v) is 3.00. The standard InChI is InChI=1S/C13H18F3NO2/c14-13(15,16)10-4-1-3-9(7-10)12(19)17-6-2-5-11(18)8-17/h9-10H,1-8H2. The van der Waals surface area contributed by atoms with Crippen molar-refractivity contribution < 1.29 is 22.8 Å². The molecule has 0 bridgehead atoms. The first-order valence-electron chi connectivity index (χ1n) is 6.75. The summed E-state index contributed by atoms with van der Waals surface area (Å²) in [5.41, 5.74) is 0. The summed E-state index contributed by atoms with van der Waals surface area (Å²) in [7, 11) is 0. The third kappa shape index (κ3) is 3.48. The van der Waals surface area contributed by atoms with Gasteiger partial charge in [-0.25, -0.2) is 0 Å². The van der Waals surface area contributed by atoms with Gasteiger partial charge in [0.05, 0.1) is 12.5 Å². The van der Waals surface area contributed by atoms with E-state index >= 15 is 0 Å². The Morgan fingerprint density at radius 3 is 2.58 bits per heavy atom. The number of amides is 1. The van der Waals surface area contributed by atoms with Crippen LogP contribution in [0.5, 0.6) is 0 Å². The molecule has 2 atom stereocenters. The molecular formula is C13H18F3NO2. The van der Waals surface area contributed by atoms with Crippen LogP contribution < -0.4 is 0 Å². The Hall–Kier alpha value is -1.07. The number of rotatable bonds is 1. The first kappa shape index (κ1) is 14.3. The number of hydrogen-bond donors (Lipinski definition) is 0. The van der Waals surface area contributed by atoms with Gasteiger partial charge in [-0.15, -0.1) is 0 Å². The zero-order chi connectivity index (χ0) is 14.0. The fourth-order valence-electron chi connectivity index (χ4n) is 3.00. The highest BCUT2D eigenvalue weighted by molar-refractivity contribution is 5.88. The van der Waals surface area contributed by atoms with Crippen molar-refractivity contribution >= 4 is 11.7 Å². The molecular weight excluding hydrogens is 259 g/mol. The van der Waals surface area contributed by atoms with Crippen molar-refractivity contribution in [1.29, 1.82) is 0 Å². The van der Waals surface area contributed by atoms with Gasteiger partial charge in [0, 0.05) is 18.9 Å². The van der Waals surface area contributed by atoms with E-state index in [1.807, 2.05) is 0 Å². The highest BCUT2D eigenvalue weighted by Gasteiger charge is 2.44. The third-order valence-corrected chi connectivity index (χ3v) is 4.05. The van der Waals surface area contributed by atoms with Gasteiger partial charge in [-0.05, 0) is 25.7 Å². The van der Waals surface area contributed by atoms with E-state index in [1.165, 1.54) is 4.90 Å². The average molecular weight is 277 g/mol. The predicted octanol–water partition coefficient (Wildman–Crippen LogP) is 2.55. The molecule has 0 aromatic carbocycles. The molecule has 1 heterocycles. The number of carbonyl (C=O) groups is 2. The van der Waals surface area contributed by atoms with Crippen molar-refractivity contribution in [2.24, 2.45) is 11.8 Å². The summed E-state index contributed by atoms with van der Waals surface area (Å²) in [5.74, 6) is -2.19. The van der Waals surface area contributed by atoms with Crippen LogP contribution in [0.3, 0.4) is 0 Å². The molecule has 108 valence electrons. The van der Waals surface area contributed by atoms with Gasteiger partial charge in [0.2, 0.25) is 5.91 Å². The summed E-state index contributed by atoms with van der Waals surface area (Å²) >= 11 is 0. The lowest BCUT2D eigenvalue weighted by Crippen LogP contribution is -2.45. The van der Waals surface area contributed by atoms with Crippen molar-refractivity contribution in [3.63, 3.8) is 0 Å². The minimum atomic E-state index is -4.21. The highest BCUT2D eigenvalue weighted by atomic mass is 19.4. The second kappa shape index (κ2) is 5.51. The summed E-state index contributed by atoms with van der Waals surface area (Å²) in [6, 6.07) is 0. The molecule has 0 radical (unpaired) electrons. The summed E-state index contributed by atoms with van der Waals surface area (Å²) in [4.78, 5) is 24.9. The molecule has 2 aliphatic rings. The lowest BCUT2D eigenvalue weighted by molar-refractivity contribution is -0.187. The minimum absolute atomic E-state index is 0.00257. The molecule has 1 aliphatic carbocycles. The molecule has 1 amide bonds. The molecule has 1 aliphatic heterocycles. The Balaban J connectivity index is 1.97. The zero-order valence-corrected chi connectivity index (χ0v) is 10.7. The molecule has 3 nitrogen and oxygen atoms in total. The maximum atomic E-state index is 12.7. The molecule has 0 aromatic heterocycles. The van der Waals surface area contributed by atoms with Crippen LogP contribution in [0.2, 0.25) is 0 Å². The van der Waals surface area contributed by atoms with Crippen molar-refractivity contribution in [2.45, 2.75) is 44.7 Å². The summed E-state index contributed by atoms with van der Waals surface area (Å²) in [6.07, 6.45) is -2.17. The average Bonchev–Trinajstić information content (AvgIpc) is 2.37.